The average Bonchev–Trinajstić information content (AvgIpc) is 2.56. The second kappa shape index (κ2) is 7.13. The van der Waals surface area contributed by atoms with Crippen molar-refractivity contribution in [1.29, 1.82) is 0 Å². The lowest BCUT2D eigenvalue weighted by molar-refractivity contribution is -0.146. The third-order valence-corrected chi connectivity index (χ3v) is 4.34. The molecule has 0 bridgehead atoms. The van der Waals surface area contributed by atoms with Crippen LogP contribution in [0.15, 0.2) is 18.2 Å². The van der Waals surface area contributed by atoms with Gasteiger partial charge < -0.3 is 14.2 Å². The lowest BCUT2D eigenvalue weighted by Gasteiger charge is -2.25. The van der Waals surface area contributed by atoms with Crippen molar-refractivity contribution in [2.45, 2.75) is 45.3 Å². The molecular weight excluding hydrogens is 296 g/mol. The fraction of sp³-hybridized carbons (Fsp3) is 0.556. The minimum atomic E-state index is -0.670. The zero-order chi connectivity index (χ0) is 16.2. The molecule has 2 atom stereocenters. The van der Waals surface area contributed by atoms with E-state index in [0.29, 0.717) is 25.0 Å². The fourth-order valence-corrected chi connectivity index (χ4v) is 3.13. The first-order valence-electron chi connectivity index (χ1n) is 8.31. The number of carbonyl (C=O) groups excluding carboxylic acids is 2. The van der Waals surface area contributed by atoms with Crippen LogP contribution < -0.4 is 4.74 Å². The minimum Gasteiger partial charge on any atom is -0.465 e. The maximum atomic E-state index is 12.5. The molecule has 5 nitrogen and oxygen atoms in total. The van der Waals surface area contributed by atoms with Gasteiger partial charge in [0.1, 0.15) is 11.7 Å². The van der Waals surface area contributed by atoms with Crippen molar-refractivity contribution >= 4 is 11.8 Å². The zero-order valence-corrected chi connectivity index (χ0v) is 13.4. The van der Waals surface area contributed by atoms with Crippen molar-refractivity contribution in [2.24, 2.45) is 5.92 Å². The summed E-state index contributed by atoms with van der Waals surface area (Å²) < 4.78 is 16.4. The summed E-state index contributed by atoms with van der Waals surface area (Å²) in [5.74, 6) is -0.516. The number of carbonyl (C=O) groups is 2. The Morgan fingerprint density at radius 1 is 1.30 bits per heavy atom. The van der Waals surface area contributed by atoms with E-state index in [-0.39, 0.29) is 12.1 Å². The molecule has 1 aliphatic carbocycles. The maximum Gasteiger partial charge on any atom is 0.316 e. The highest BCUT2D eigenvalue weighted by atomic mass is 16.7. The van der Waals surface area contributed by atoms with Crippen LogP contribution >= 0.6 is 0 Å². The Hall–Kier alpha value is -1.88. The fourth-order valence-electron chi connectivity index (χ4n) is 3.13. The molecule has 23 heavy (non-hydrogen) atoms. The highest BCUT2D eigenvalue weighted by Gasteiger charge is 2.34. The molecule has 1 aromatic rings. The largest absolute Gasteiger partial charge is 0.465 e. The molecule has 0 N–H and O–H groups in total. The standard InChI is InChI=1S/C18H22O5/c1-2-21-18(20)15-8-6-12-11-13(7-9-14(12)17(15)19)23-16-5-3-4-10-22-16/h7,9,11,15-16H,2-6,8,10H2,1H3. The molecule has 1 aromatic carbocycles. The van der Waals surface area contributed by atoms with E-state index in [9.17, 15) is 9.59 Å². The lowest BCUT2D eigenvalue weighted by Crippen LogP contribution is -2.31. The van der Waals surface area contributed by atoms with Crippen LogP contribution in [0.25, 0.3) is 0 Å². The van der Waals surface area contributed by atoms with E-state index in [0.717, 1.165) is 37.2 Å². The number of esters is 1. The van der Waals surface area contributed by atoms with Crippen LogP contribution in [0.2, 0.25) is 0 Å². The van der Waals surface area contributed by atoms with Gasteiger partial charge in [0.05, 0.1) is 13.2 Å². The molecule has 0 spiro atoms. The van der Waals surface area contributed by atoms with Gasteiger partial charge in [0, 0.05) is 12.0 Å². The Kier molecular flexibility index (Phi) is 4.96. The molecule has 2 unspecified atom stereocenters. The molecule has 0 radical (unpaired) electrons. The molecular formula is C18H22O5. The first-order valence-corrected chi connectivity index (χ1v) is 8.31. The smallest absolute Gasteiger partial charge is 0.316 e. The second-order valence-corrected chi connectivity index (χ2v) is 5.94. The van der Waals surface area contributed by atoms with Crippen LogP contribution in [-0.2, 0) is 20.7 Å². The average molecular weight is 318 g/mol. The van der Waals surface area contributed by atoms with E-state index in [1.54, 1.807) is 19.1 Å². The van der Waals surface area contributed by atoms with Gasteiger partial charge >= 0.3 is 5.97 Å². The van der Waals surface area contributed by atoms with Crippen molar-refractivity contribution in [3.05, 3.63) is 29.3 Å². The van der Waals surface area contributed by atoms with Crippen LogP contribution in [0.3, 0.4) is 0 Å². The number of fused-ring (bicyclic) bond motifs is 1. The van der Waals surface area contributed by atoms with Crippen molar-refractivity contribution in [3.63, 3.8) is 0 Å². The van der Waals surface area contributed by atoms with E-state index in [4.69, 9.17) is 14.2 Å². The van der Waals surface area contributed by atoms with Crippen LogP contribution in [0, 0.1) is 5.92 Å². The first-order chi connectivity index (χ1) is 11.2. The summed E-state index contributed by atoms with van der Waals surface area (Å²) in [7, 11) is 0. The molecule has 1 saturated heterocycles. The summed E-state index contributed by atoms with van der Waals surface area (Å²) in [4.78, 5) is 24.3. The molecule has 1 fully saturated rings. The summed E-state index contributed by atoms with van der Waals surface area (Å²) in [6.45, 7) is 2.77. The lowest BCUT2D eigenvalue weighted by atomic mass is 9.82. The van der Waals surface area contributed by atoms with Gasteiger partial charge in [-0.25, -0.2) is 0 Å². The number of benzene rings is 1. The molecule has 124 valence electrons. The molecule has 0 saturated carbocycles. The Morgan fingerprint density at radius 2 is 2.17 bits per heavy atom. The third kappa shape index (κ3) is 3.55. The highest BCUT2D eigenvalue weighted by molar-refractivity contribution is 6.10. The quantitative estimate of drug-likeness (QED) is 0.631. The third-order valence-electron chi connectivity index (χ3n) is 4.34. The number of aryl methyl sites for hydroxylation is 1. The van der Waals surface area contributed by atoms with E-state index >= 15 is 0 Å². The number of ketones is 1. The normalized spacial score (nSPS) is 24.0. The van der Waals surface area contributed by atoms with E-state index in [1.807, 2.05) is 6.07 Å². The predicted octanol–water partition coefficient (Wildman–Crippen LogP) is 2.90. The topological polar surface area (TPSA) is 61.8 Å². The van der Waals surface area contributed by atoms with E-state index in [1.165, 1.54) is 0 Å². The number of rotatable bonds is 4. The SMILES string of the molecule is CCOC(=O)C1CCc2cc(OC3CCCCO3)ccc2C1=O. The van der Waals surface area contributed by atoms with Crippen molar-refractivity contribution in [1.82, 2.24) is 0 Å². The zero-order valence-electron chi connectivity index (χ0n) is 13.4. The molecule has 0 aromatic heterocycles. The molecule has 1 heterocycles. The van der Waals surface area contributed by atoms with Crippen LogP contribution in [0.5, 0.6) is 5.75 Å². The first kappa shape index (κ1) is 16.0. The summed E-state index contributed by atoms with van der Waals surface area (Å²) in [6, 6.07) is 5.43. The van der Waals surface area contributed by atoms with Gasteiger partial charge in [-0.05, 0) is 56.4 Å². The van der Waals surface area contributed by atoms with Crippen LogP contribution in [-0.4, -0.2) is 31.3 Å². The van der Waals surface area contributed by atoms with Crippen LogP contribution in [0.1, 0.15) is 48.5 Å². The van der Waals surface area contributed by atoms with E-state index in [2.05, 4.69) is 0 Å². The minimum absolute atomic E-state index is 0.148. The Morgan fingerprint density at radius 3 is 2.91 bits per heavy atom. The monoisotopic (exact) mass is 318 g/mol. The number of ether oxygens (including phenoxy) is 3. The van der Waals surface area contributed by atoms with Crippen LogP contribution in [0.4, 0.5) is 0 Å². The number of Topliss-reactive ketones (excluding diaryl/α,β-unsaturated/α-hetero) is 1. The second-order valence-electron chi connectivity index (χ2n) is 5.94. The number of hydrogen-bond donors (Lipinski definition) is 0. The van der Waals surface area contributed by atoms with Gasteiger partial charge in [-0.1, -0.05) is 0 Å². The molecule has 5 heteroatoms. The summed E-state index contributed by atoms with van der Waals surface area (Å²) in [5, 5.41) is 0. The van der Waals surface area contributed by atoms with Crippen molar-refractivity contribution < 1.29 is 23.8 Å². The molecule has 1 aliphatic heterocycles. The summed E-state index contributed by atoms with van der Waals surface area (Å²) >= 11 is 0. The van der Waals surface area contributed by atoms with Gasteiger partial charge in [-0.3, -0.25) is 9.59 Å². The summed E-state index contributed by atoms with van der Waals surface area (Å²) in [6.07, 6.45) is 4.04. The molecule has 0 amide bonds. The predicted molar refractivity (Wildman–Crippen MR) is 83.4 cm³/mol. The highest BCUT2D eigenvalue weighted by Crippen LogP contribution is 2.30. The van der Waals surface area contributed by atoms with Gasteiger partial charge in [0.15, 0.2) is 12.1 Å². The van der Waals surface area contributed by atoms with Gasteiger partial charge in [-0.15, -0.1) is 0 Å². The van der Waals surface area contributed by atoms with Crippen molar-refractivity contribution in [2.75, 3.05) is 13.2 Å². The Bertz CT molecular complexity index is 589. The van der Waals surface area contributed by atoms with E-state index < -0.39 is 11.9 Å². The summed E-state index contributed by atoms with van der Waals surface area (Å²) in [5.41, 5.74) is 1.54. The van der Waals surface area contributed by atoms with Crippen molar-refractivity contribution in [3.8, 4) is 5.75 Å². The maximum absolute atomic E-state index is 12.5. The molecule has 3 rings (SSSR count). The van der Waals surface area contributed by atoms with Gasteiger partial charge in [0.25, 0.3) is 0 Å². The number of hydrogen-bond acceptors (Lipinski definition) is 5. The Labute approximate surface area is 135 Å². The Balaban J connectivity index is 1.72. The van der Waals surface area contributed by atoms with Gasteiger partial charge in [0.2, 0.25) is 0 Å². The van der Waals surface area contributed by atoms with Gasteiger partial charge in [-0.2, -0.15) is 0 Å². The molecule has 2 aliphatic rings.